The molecule has 0 saturated heterocycles. The summed E-state index contributed by atoms with van der Waals surface area (Å²) in [5, 5.41) is 5.06. The lowest BCUT2D eigenvalue weighted by Crippen LogP contribution is -2.35. The lowest BCUT2D eigenvalue weighted by Gasteiger charge is -2.08. The number of amides is 1. The number of carbonyl (C=O) groups is 1. The molecule has 1 aliphatic heterocycles. The van der Waals surface area contributed by atoms with E-state index in [1.54, 1.807) is 13.0 Å². The molecule has 0 aliphatic carbocycles. The highest BCUT2D eigenvalue weighted by atomic mass is 35.5. The summed E-state index contributed by atoms with van der Waals surface area (Å²) < 4.78 is 22.8. The minimum Gasteiger partial charge on any atom is -0.344 e. The second-order valence-corrected chi connectivity index (χ2v) is 8.49. The van der Waals surface area contributed by atoms with Crippen LogP contribution in [0.5, 0.6) is 0 Å². The van der Waals surface area contributed by atoms with Gasteiger partial charge >= 0.3 is 0 Å². The molecule has 0 fully saturated rings. The second-order valence-electron chi connectivity index (χ2n) is 5.15. The molecule has 1 aromatic heterocycles. The number of hydrogen-bond donors (Lipinski definition) is 1. The van der Waals surface area contributed by atoms with Gasteiger partial charge in [0.15, 0.2) is 9.84 Å². The number of sulfone groups is 1. The number of benzene rings is 1. The van der Waals surface area contributed by atoms with Gasteiger partial charge in [-0.15, -0.1) is 11.3 Å². The molecule has 2 heterocycles. The smallest absolute Gasteiger partial charge is 0.263 e. The Morgan fingerprint density at radius 1 is 1.39 bits per heavy atom. The van der Waals surface area contributed by atoms with Crippen LogP contribution in [0.2, 0.25) is 5.02 Å². The number of aromatic nitrogens is 1. The molecule has 0 bridgehead atoms. The highest BCUT2D eigenvalue weighted by Crippen LogP contribution is 2.32. The standard InChI is InChI=1S/C15H13ClN2O3S2/c1-9-13(14(19)18-10-6-7-23(20,21)8-10)22-15(17-9)11-4-2-3-5-12(11)16/h2-7,10H,8H2,1H3,(H,18,19). The summed E-state index contributed by atoms with van der Waals surface area (Å²) in [4.78, 5) is 17.2. The van der Waals surface area contributed by atoms with E-state index < -0.39 is 15.9 Å². The highest BCUT2D eigenvalue weighted by molar-refractivity contribution is 7.94. The third kappa shape index (κ3) is 3.46. The van der Waals surface area contributed by atoms with Gasteiger partial charge in [-0.3, -0.25) is 4.79 Å². The molecule has 1 amide bonds. The third-order valence-electron chi connectivity index (χ3n) is 3.35. The molecule has 0 saturated carbocycles. The molecule has 1 atom stereocenters. The highest BCUT2D eigenvalue weighted by Gasteiger charge is 2.25. The molecule has 1 aromatic carbocycles. The number of aryl methyl sites for hydroxylation is 1. The SMILES string of the molecule is Cc1nc(-c2ccccc2Cl)sc1C(=O)NC1C=CS(=O)(=O)C1. The van der Waals surface area contributed by atoms with Crippen LogP contribution in [0.15, 0.2) is 35.7 Å². The van der Waals surface area contributed by atoms with Crippen molar-refractivity contribution in [1.82, 2.24) is 10.3 Å². The fourth-order valence-electron chi connectivity index (χ4n) is 2.26. The number of rotatable bonds is 3. The van der Waals surface area contributed by atoms with Gasteiger partial charge in [0.25, 0.3) is 5.91 Å². The largest absolute Gasteiger partial charge is 0.344 e. The molecule has 1 unspecified atom stereocenters. The molecule has 5 nitrogen and oxygen atoms in total. The van der Waals surface area contributed by atoms with Crippen molar-refractivity contribution in [3.63, 3.8) is 0 Å². The first kappa shape index (κ1) is 16.2. The van der Waals surface area contributed by atoms with Crippen LogP contribution in [0.1, 0.15) is 15.4 Å². The minimum absolute atomic E-state index is 0.103. The predicted molar refractivity (Wildman–Crippen MR) is 91.5 cm³/mol. The van der Waals surface area contributed by atoms with E-state index in [1.807, 2.05) is 18.2 Å². The quantitative estimate of drug-likeness (QED) is 0.903. The summed E-state index contributed by atoms with van der Waals surface area (Å²) in [5.41, 5.74) is 1.36. The van der Waals surface area contributed by atoms with Crippen molar-refractivity contribution in [3.8, 4) is 10.6 Å². The second kappa shape index (κ2) is 6.07. The fourth-order valence-corrected chi connectivity index (χ4v) is 4.78. The average molecular weight is 369 g/mol. The molecular formula is C15H13ClN2O3S2. The minimum atomic E-state index is -3.20. The summed E-state index contributed by atoms with van der Waals surface area (Å²) in [5.74, 6) is -0.432. The van der Waals surface area contributed by atoms with Crippen LogP contribution in [-0.2, 0) is 9.84 Å². The maximum absolute atomic E-state index is 12.4. The summed E-state index contributed by atoms with van der Waals surface area (Å²) >= 11 is 7.40. The van der Waals surface area contributed by atoms with E-state index in [2.05, 4.69) is 10.3 Å². The van der Waals surface area contributed by atoms with Crippen LogP contribution in [0.4, 0.5) is 0 Å². The molecule has 3 rings (SSSR count). The van der Waals surface area contributed by atoms with Crippen LogP contribution in [0.25, 0.3) is 10.6 Å². The molecule has 8 heteroatoms. The Kier molecular flexibility index (Phi) is 4.27. The summed E-state index contributed by atoms with van der Waals surface area (Å²) in [6, 6.07) is 6.78. The lowest BCUT2D eigenvalue weighted by atomic mass is 10.2. The number of nitrogens with zero attached hydrogens (tertiary/aromatic N) is 1. The Balaban J connectivity index is 1.83. The van der Waals surface area contributed by atoms with E-state index in [0.717, 1.165) is 11.0 Å². The zero-order valence-corrected chi connectivity index (χ0v) is 14.5. The summed E-state index contributed by atoms with van der Waals surface area (Å²) in [6.07, 6.45) is 1.48. The zero-order valence-electron chi connectivity index (χ0n) is 12.1. The molecular weight excluding hydrogens is 356 g/mol. The molecule has 1 aliphatic rings. The van der Waals surface area contributed by atoms with Crippen molar-refractivity contribution in [1.29, 1.82) is 0 Å². The number of hydrogen-bond acceptors (Lipinski definition) is 5. The Hall–Kier alpha value is -1.70. The van der Waals surface area contributed by atoms with E-state index in [-0.39, 0.29) is 11.7 Å². The Bertz CT molecular complexity index is 903. The first-order valence-electron chi connectivity index (χ1n) is 6.80. The number of thiazole rings is 1. The Labute approximate surface area is 142 Å². The van der Waals surface area contributed by atoms with Crippen LogP contribution < -0.4 is 5.32 Å². The van der Waals surface area contributed by atoms with Gasteiger partial charge in [0.1, 0.15) is 9.88 Å². The average Bonchev–Trinajstić information content (AvgIpc) is 3.02. The molecule has 0 radical (unpaired) electrons. The van der Waals surface area contributed by atoms with Gasteiger partial charge in [-0.25, -0.2) is 13.4 Å². The molecule has 23 heavy (non-hydrogen) atoms. The first-order chi connectivity index (χ1) is 10.9. The van der Waals surface area contributed by atoms with Crippen molar-refractivity contribution in [2.45, 2.75) is 13.0 Å². The van der Waals surface area contributed by atoms with Gasteiger partial charge in [-0.05, 0) is 19.1 Å². The van der Waals surface area contributed by atoms with Gasteiger partial charge in [-0.1, -0.05) is 29.8 Å². The van der Waals surface area contributed by atoms with Gasteiger partial charge in [0.2, 0.25) is 0 Å². The first-order valence-corrected chi connectivity index (χ1v) is 9.71. The van der Waals surface area contributed by atoms with Gasteiger partial charge in [-0.2, -0.15) is 0 Å². The molecule has 120 valence electrons. The number of nitrogens with one attached hydrogen (secondary N) is 1. The number of carbonyl (C=O) groups excluding carboxylic acids is 1. The van der Waals surface area contributed by atoms with Crippen LogP contribution in [0, 0.1) is 6.92 Å². The molecule has 1 N–H and O–H groups in total. The molecule has 0 spiro atoms. The summed E-state index contributed by atoms with van der Waals surface area (Å²) in [7, 11) is -3.20. The third-order valence-corrected chi connectivity index (χ3v) is 6.27. The molecule has 2 aromatic rings. The Morgan fingerprint density at radius 2 is 2.13 bits per heavy atom. The van der Waals surface area contributed by atoms with Crippen molar-refractivity contribution in [2.24, 2.45) is 0 Å². The number of halogens is 1. The van der Waals surface area contributed by atoms with E-state index >= 15 is 0 Å². The monoisotopic (exact) mass is 368 g/mol. The van der Waals surface area contributed by atoms with Crippen molar-refractivity contribution in [2.75, 3.05) is 5.75 Å². The van der Waals surface area contributed by atoms with E-state index in [9.17, 15) is 13.2 Å². The van der Waals surface area contributed by atoms with Crippen molar-refractivity contribution in [3.05, 3.63) is 51.3 Å². The van der Waals surface area contributed by atoms with Gasteiger partial charge in [0.05, 0.1) is 22.5 Å². The maximum atomic E-state index is 12.4. The summed E-state index contributed by atoms with van der Waals surface area (Å²) in [6.45, 7) is 1.74. The van der Waals surface area contributed by atoms with E-state index in [4.69, 9.17) is 11.6 Å². The van der Waals surface area contributed by atoms with E-state index in [0.29, 0.717) is 20.6 Å². The topological polar surface area (TPSA) is 76.1 Å². The van der Waals surface area contributed by atoms with Gasteiger partial charge in [0, 0.05) is 11.0 Å². The predicted octanol–water partition coefficient (Wildman–Crippen LogP) is 2.81. The van der Waals surface area contributed by atoms with Gasteiger partial charge < -0.3 is 5.32 Å². The van der Waals surface area contributed by atoms with Crippen molar-refractivity contribution < 1.29 is 13.2 Å². The van der Waals surface area contributed by atoms with Crippen LogP contribution in [-0.4, -0.2) is 31.1 Å². The van der Waals surface area contributed by atoms with Crippen LogP contribution >= 0.6 is 22.9 Å². The zero-order chi connectivity index (χ0) is 16.6. The Morgan fingerprint density at radius 3 is 2.78 bits per heavy atom. The van der Waals surface area contributed by atoms with Crippen LogP contribution in [0.3, 0.4) is 0 Å². The van der Waals surface area contributed by atoms with Crippen molar-refractivity contribution >= 4 is 38.7 Å². The lowest BCUT2D eigenvalue weighted by molar-refractivity contribution is 0.0951. The maximum Gasteiger partial charge on any atom is 0.263 e. The van der Waals surface area contributed by atoms with E-state index in [1.165, 1.54) is 17.4 Å². The normalized spacial score (nSPS) is 19.0. The fraction of sp³-hybridized carbons (Fsp3) is 0.200.